The topological polar surface area (TPSA) is 21.3 Å². The van der Waals surface area contributed by atoms with Crippen molar-refractivity contribution in [2.75, 3.05) is 6.61 Å². The molecule has 102 valence electrons. The van der Waals surface area contributed by atoms with Gasteiger partial charge in [0, 0.05) is 12.6 Å². The zero-order valence-corrected chi connectivity index (χ0v) is 12.4. The Morgan fingerprint density at radius 1 is 1.26 bits per heavy atom. The third-order valence-electron chi connectivity index (χ3n) is 2.99. The van der Waals surface area contributed by atoms with Gasteiger partial charge < -0.3 is 10.1 Å². The molecule has 19 heavy (non-hydrogen) atoms. The fraction of sp³-hybridized carbons (Fsp3) is 0.375. The number of ether oxygens (including phenoxy) is 1. The fourth-order valence-corrected chi connectivity index (χ4v) is 2.72. The molecular weight excluding hydrogens is 254 g/mol. The van der Waals surface area contributed by atoms with E-state index in [-0.39, 0.29) is 0 Å². The summed E-state index contributed by atoms with van der Waals surface area (Å²) in [5, 5.41) is 7.90. The van der Waals surface area contributed by atoms with E-state index in [9.17, 15) is 0 Å². The minimum atomic E-state index is 0.477. The van der Waals surface area contributed by atoms with Crippen molar-refractivity contribution >= 4 is 11.3 Å². The number of hydrogen-bond donors (Lipinski definition) is 1. The quantitative estimate of drug-likeness (QED) is 0.828. The summed E-state index contributed by atoms with van der Waals surface area (Å²) in [5.41, 5.74) is 2.68. The second-order valence-corrected chi connectivity index (χ2v) is 5.48. The molecule has 0 aliphatic carbocycles. The van der Waals surface area contributed by atoms with Crippen molar-refractivity contribution in [3.63, 3.8) is 0 Å². The van der Waals surface area contributed by atoms with Crippen molar-refractivity contribution in [3.05, 3.63) is 52.2 Å². The first-order valence-corrected chi connectivity index (χ1v) is 7.68. The molecule has 0 amide bonds. The van der Waals surface area contributed by atoms with Gasteiger partial charge in [0.2, 0.25) is 0 Å². The molecule has 3 heteroatoms. The van der Waals surface area contributed by atoms with Crippen LogP contribution in [0.25, 0.3) is 0 Å². The van der Waals surface area contributed by atoms with Crippen LogP contribution in [0.3, 0.4) is 0 Å². The Balaban J connectivity index is 1.82. The van der Waals surface area contributed by atoms with Crippen LogP contribution in [0.2, 0.25) is 0 Å². The molecule has 2 rings (SSSR count). The molecule has 0 bridgehead atoms. The van der Waals surface area contributed by atoms with Crippen molar-refractivity contribution in [2.45, 2.75) is 32.9 Å². The summed E-state index contributed by atoms with van der Waals surface area (Å²) < 4.78 is 5.51. The summed E-state index contributed by atoms with van der Waals surface area (Å²) in [5.74, 6) is 0.951. The lowest BCUT2D eigenvalue weighted by molar-refractivity contribution is 0.339. The number of thiophene rings is 1. The Labute approximate surface area is 119 Å². The predicted octanol–water partition coefficient (Wildman–Crippen LogP) is 3.87. The minimum absolute atomic E-state index is 0.477. The molecule has 1 heterocycles. The molecule has 0 saturated heterocycles. The van der Waals surface area contributed by atoms with Gasteiger partial charge in [-0.15, -0.1) is 0 Å². The average Bonchev–Trinajstić information content (AvgIpc) is 2.90. The molecule has 0 aliphatic rings. The second-order valence-electron chi connectivity index (χ2n) is 4.70. The van der Waals surface area contributed by atoms with Crippen LogP contribution in [0.4, 0.5) is 0 Å². The molecule has 2 nitrogen and oxygen atoms in total. The highest BCUT2D eigenvalue weighted by atomic mass is 32.1. The molecule has 2 aromatic rings. The van der Waals surface area contributed by atoms with Gasteiger partial charge in [0.1, 0.15) is 5.75 Å². The molecule has 0 saturated carbocycles. The van der Waals surface area contributed by atoms with Crippen LogP contribution in [0.15, 0.2) is 41.1 Å². The second kappa shape index (κ2) is 7.31. The minimum Gasteiger partial charge on any atom is -0.494 e. The summed E-state index contributed by atoms with van der Waals surface area (Å²) in [4.78, 5) is 0. The molecule has 1 aromatic heterocycles. The lowest BCUT2D eigenvalue weighted by Crippen LogP contribution is -2.27. The van der Waals surface area contributed by atoms with Gasteiger partial charge >= 0.3 is 0 Å². The Hall–Kier alpha value is -1.32. The van der Waals surface area contributed by atoms with Gasteiger partial charge in [-0.3, -0.25) is 0 Å². The van der Waals surface area contributed by atoms with E-state index in [0.29, 0.717) is 12.6 Å². The number of hydrogen-bond acceptors (Lipinski definition) is 3. The number of benzene rings is 1. The normalized spacial score (nSPS) is 12.3. The van der Waals surface area contributed by atoms with Gasteiger partial charge in [0.05, 0.1) is 6.61 Å². The third kappa shape index (κ3) is 4.69. The summed E-state index contributed by atoms with van der Waals surface area (Å²) in [7, 11) is 0. The predicted molar refractivity (Wildman–Crippen MR) is 81.9 cm³/mol. The fourth-order valence-electron chi connectivity index (χ4n) is 2.04. The first-order valence-electron chi connectivity index (χ1n) is 6.74. The van der Waals surface area contributed by atoms with Crippen LogP contribution in [0, 0.1) is 0 Å². The van der Waals surface area contributed by atoms with E-state index < -0.39 is 0 Å². The number of rotatable bonds is 7. The average molecular weight is 275 g/mol. The highest BCUT2D eigenvalue weighted by Crippen LogP contribution is 2.14. The van der Waals surface area contributed by atoms with E-state index in [1.54, 1.807) is 11.3 Å². The largest absolute Gasteiger partial charge is 0.494 e. The van der Waals surface area contributed by atoms with Crippen molar-refractivity contribution in [2.24, 2.45) is 0 Å². The molecule has 0 radical (unpaired) electrons. The lowest BCUT2D eigenvalue weighted by Gasteiger charge is -2.13. The SMILES string of the molecule is CCOc1cccc(CNC(C)Cc2ccsc2)c1. The summed E-state index contributed by atoms with van der Waals surface area (Å²) in [6.07, 6.45) is 1.08. The molecule has 1 aromatic carbocycles. The number of nitrogens with one attached hydrogen (secondary N) is 1. The monoisotopic (exact) mass is 275 g/mol. The molecule has 1 N–H and O–H groups in total. The molecule has 0 fully saturated rings. The smallest absolute Gasteiger partial charge is 0.119 e. The molecular formula is C16H21NOS. The molecule has 0 aliphatic heterocycles. The molecule has 0 spiro atoms. The first-order chi connectivity index (χ1) is 9.28. The highest BCUT2D eigenvalue weighted by Gasteiger charge is 2.04. The van der Waals surface area contributed by atoms with Crippen LogP contribution in [-0.2, 0) is 13.0 Å². The Bertz CT molecular complexity index is 481. The maximum atomic E-state index is 5.51. The first kappa shape index (κ1) is 14.1. The van der Waals surface area contributed by atoms with E-state index in [1.165, 1.54) is 11.1 Å². The van der Waals surface area contributed by atoms with Crippen molar-refractivity contribution < 1.29 is 4.74 Å². The zero-order chi connectivity index (χ0) is 13.5. The maximum Gasteiger partial charge on any atom is 0.119 e. The molecule has 1 atom stereocenters. The lowest BCUT2D eigenvalue weighted by atomic mass is 10.1. The van der Waals surface area contributed by atoms with E-state index in [1.807, 2.05) is 19.1 Å². The van der Waals surface area contributed by atoms with Crippen LogP contribution in [0.1, 0.15) is 25.0 Å². The summed E-state index contributed by atoms with van der Waals surface area (Å²) in [6, 6.07) is 11.0. The Kier molecular flexibility index (Phi) is 5.43. The van der Waals surface area contributed by atoms with Crippen LogP contribution in [0.5, 0.6) is 5.75 Å². The van der Waals surface area contributed by atoms with Gasteiger partial charge in [0.15, 0.2) is 0 Å². The van der Waals surface area contributed by atoms with E-state index in [2.05, 4.69) is 41.2 Å². The Morgan fingerprint density at radius 3 is 2.89 bits per heavy atom. The van der Waals surface area contributed by atoms with Gasteiger partial charge in [-0.2, -0.15) is 11.3 Å². The van der Waals surface area contributed by atoms with Gasteiger partial charge in [-0.25, -0.2) is 0 Å². The van der Waals surface area contributed by atoms with E-state index in [0.717, 1.165) is 18.7 Å². The summed E-state index contributed by atoms with van der Waals surface area (Å²) >= 11 is 1.76. The van der Waals surface area contributed by atoms with Gasteiger partial charge in [0.25, 0.3) is 0 Å². The molecule has 1 unspecified atom stereocenters. The van der Waals surface area contributed by atoms with Crippen LogP contribution >= 0.6 is 11.3 Å². The van der Waals surface area contributed by atoms with Gasteiger partial charge in [-0.05, 0) is 60.4 Å². The highest BCUT2D eigenvalue weighted by molar-refractivity contribution is 7.07. The summed E-state index contributed by atoms with van der Waals surface area (Å²) in [6.45, 7) is 5.83. The van der Waals surface area contributed by atoms with E-state index in [4.69, 9.17) is 4.74 Å². The van der Waals surface area contributed by atoms with Crippen molar-refractivity contribution in [1.82, 2.24) is 5.32 Å². The standard InChI is InChI=1S/C16H21NOS/c1-3-18-16-6-4-5-14(10-16)11-17-13(2)9-15-7-8-19-12-15/h4-8,10,12-13,17H,3,9,11H2,1-2H3. The van der Waals surface area contributed by atoms with Crippen LogP contribution in [-0.4, -0.2) is 12.6 Å². The van der Waals surface area contributed by atoms with E-state index >= 15 is 0 Å². The van der Waals surface area contributed by atoms with Crippen LogP contribution < -0.4 is 10.1 Å². The van der Waals surface area contributed by atoms with Crippen molar-refractivity contribution in [1.29, 1.82) is 0 Å². The maximum absolute atomic E-state index is 5.51. The van der Waals surface area contributed by atoms with Crippen molar-refractivity contribution in [3.8, 4) is 5.75 Å². The van der Waals surface area contributed by atoms with Gasteiger partial charge in [-0.1, -0.05) is 12.1 Å². The Morgan fingerprint density at radius 2 is 2.16 bits per heavy atom. The third-order valence-corrected chi connectivity index (χ3v) is 3.72. The zero-order valence-electron chi connectivity index (χ0n) is 11.6.